The summed E-state index contributed by atoms with van der Waals surface area (Å²) in [5.74, 6) is 1.49. The Labute approximate surface area is 142 Å². The Morgan fingerprint density at radius 2 is 2.08 bits per heavy atom. The highest BCUT2D eigenvalue weighted by Crippen LogP contribution is 2.23. The zero-order valence-electron chi connectivity index (χ0n) is 14.0. The number of phenols is 1. The maximum Gasteiger partial charge on any atom is 0.126 e. The molecule has 1 aliphatic rings. The third-order valence-corrected chi connectivity index (χ3v) is 4.68. The van der Waals surface area contributed by atoms with E-state index in [1.165, 1.54) is 6.07 Å². The van der Waals surface area contributed by atoms with Gasteiger partial charge in [0.25, 0.3) is 0 Å². The van der Waals surface area contributed by atoms with Gasteiger partial charge in [-0.2, -0.15) is 0 Å². The van der Waals surface area contributed by atoms with Crippen LogP contribution in [0.1, 0.15) is 17.5 Å². The van der Waals surface area contributed by atoms with Gasteiger partial charge in [0.1, 0.15) is 23.9 Å². The fourth-order valence-electron chi connectivity index (χ4n) is 3.27. The Balaban J connectivity index is 1.43. The van der Waals surface area contributed by atoms with E-state index in [4.69, 9.17) is 4.74 Å². The summed E-state index contributed by atoms with van der Waals surface area (Å²) in [6, 6.07) is 12.4. The van der Waals surface area contributed by atoms with Crippen LogP contribution in [0, 0.1) is 18.7 Å². The van der Waals surface area contributed by atoms with Gasteiger partial charge < -0.3 is 9.84 Å². The highest BCUT2D eigenvalue weighted by Gasteiger charge is 2.23. The smallest absolute Gasteiger partial charge is 0.126 e. The molecule has 0 radical (unpaired) electrons. The Morgan fingerprint density at radius 3 is 2.88 bits per heavy atom. The second-order valence-electron chi connectivity index (χ2n) is 6.55. The first kappa shape index (κ1) is 16.8. The van der Waals surface area contributed by atoms with Crippen LogP contribution < -0.4 is 4.74 Å². The van der Waals surface area contributed by atoms with Gasteiger partial charge in [-0.25, -0.2) is 4.39 Å². The third-order valence-electron chi connectivity index (χ3n) is 4.68. The van der Waals surface area contributed by atoms with Crippen LogP contribution in [0.3, 0.4) is 0 Å². The second kappa shape index (κ2) is 7.67. The molecule has 1 N–H and O–H groups in total. The van der Waals surface area contributed by atoms with Gasteiger partial charge in [-0.05, 0) is 67.6 Å². The average Bonchev–Trinajstić information content (AvgIpc) is 3.00. The van der Waals surface area contributed by atoms with Crippen LogP contribution in [0.5, 0.6) is 11.5 Å². The molecule has 24 heavy (non-hydrogen) atoms. The largest absolute Gasteiger partial charge is 0.508 e. The van der Waals surface area contributed by atoms with Crippen molar-refractivity contribution in [1.82, 2.24) is 4.90 Å². The number of halogens is 1. The predicted octanol–water partition coefficient (Wildman–Crippen LogP) is 3.78. The second-order valence-corrected chi connectivity index (χ2v) is 6.55. The number of hydrogen-bond donors (Lipinski definition) is 1. The molecule has 3 rings (SSSR count). The predicted molar refractivity (Wildman–Crippen MR) is 93.0 cm³/mol. The molecule has 0 spiro atoms. The Kier molecular flexibility index (Phi) is 5.36. The van der Waals surface area contributed by atoms with Crippen LogP contribution >= 0.6 is 0 Å². The van der Waals surface area contributed by atoms with Crippen molar-refractivity contribution >= 4 is 0 Å². The van der Waals surface area contributed by atoms with Crippen molar-refractivity contribution < 1.29 is 14.2 Å². The summed E-state index contributed by atoms with van der Waals surface area (Å²) in [6.45, 7) is 5.38. The quantitative estimate of drug-likeness (QED) is 0.875. The minimum Gasteiger partial charge on any atom is -0.508 e. The van der Waals surface area contributed by atoms with Gasteiger partial charge in [0, 0.05) is 13.1 Å². The monoisotopic (exact) mass is 329 g/mol. The maximum atomic E-state index is 13.7. The number of rotatable bonds is 6. The minimum atomic E-state index is -0.0954. The normalized spacial score (nSPS) is 18.0. The summed E-state index contributed by atoms with van der Waals surface area (Å²) in [4.78, 5) is 2.37. The average molecular weight is 329 g/mol. The first-order chi connectivity index (χ1) is 11.6. The standard InChI is InChI=1S/C20H24FNO2/c1-15-12-18(6-7-20(15)23)24-11-10-22-9-8-16(14-22)13-17-4-2-3-5-19(17)21/h2-7,12,16,23H,8-11,13-14H2,1H3. The summed E-state index contributed by atoms with van der Waals surface area (Å²) in [5.41, 5.74) is 1.64. The number of benzene rings is 2. The Hall–Kier alpha value is -2.07. The van der Waals surface area contributed by atoms with Crippen LogP contribution in [-0.4, -0.2) is 36.2 Å². The minimum absolute atomic E-state index is 0.0954. The summed E-state index contributed by atoms with van der Waals surface area (Å²) >= 11 is 0. The summed E-state index contributed by atoms with van der Waals surface area (Å²) in [7, 11) is 0. The van der Waals surface area contributed by atoms with Crippen molar-refractivity contribution in [2.75, 3.05) is 26.2 Å². The van der Waals surface area contributed by atoms with Crippen LogP contribution in [0.15, 0.2) is 42.5 Å². The van der Waals surface area contributed by atoms with Gasteiger partial charge in [0.2, 0.25) is 0 Å². The number of aromatic hydroxyl groups is 1. The van der Waals surface area contributed by atoms with Gasteiger partial charge in [-0.1, -0.05) is 18.2 Å². The molecule has 3 nitrogen and oxygen atoms in total. The van der Waals surface area contributed by atoms with Gasteiger partial charge in [-0.3, -0.25) is 4.90 Å². The number of hydrogen-bond acceptors (Lipinski definition) is 3. The molecular formula is C20H24FNO2. The Morgan fingerprint density at radius 1 is 1.25 bits per heavy atom. The topological polar surface area (TPSA) is 32.7 Å². The molecule has 128 valence electrons. The molecule has 1 atom stereocenters. The molecule has 1 fully saturated rings. The summed E-state index contributed by atoms with van der Waals surface area (Å²) < 4.78 is 19.5. The lowest BCUT2D eigenvalue weighted by Gasteiger charge is -2.17. The molecule has 2 aromatic rings. The first-order valence-corrected chi connectivity index (χ1v) is 8.50. The zero-order valence-corrected chi connectivity index (χ0v) is 14.0. The fourth-order valence-corrected chi connectivity index (χ4v) is 3.27. The van der Waals surface area contributed by atoms with E-state index in [1.807, 2.05) is 25.1 Å². The lowest BCUT2D eigenvalue weighted by atomic mass is 9.98. The van der Waals surface area contributed by atoms with E-state index >= 15 is 0 Å². The van der Waals surface area contributed by atoms with Gasteiger partial charge in [-0.15, -0.1) is 0 Å². The SMILES string of the molecule is Cc1cc(OCCN2CCC(Cc3ccccc3F)C2)ccc1O. The van der Waals surface area contributed by atoms with Crippen LogP contribution in [0.2, 0.25) is 0 Å². The molecule has 2 aromatic carbocycles. The van der Waals surface area contributed by atoms with Gasteiger partial charge in [0.15, 0.2) is 0 Å². The van der Waals surface area contributed by atoms with E-state index < -0.39 is 0 Å². The number of likely N-dealkylation sites (tertiary alicyclic amines) is 1. The lowest BCUT2D eigenvalue weighted by Crippen LogP contribution is -2.26. The van der Waals surface area contributed by atoms with Crippen LogP contribution in [0.4, 0.5) is 4.39 Å². The fraction of sp³-hybridized carbons (Fsp3) is 0.400. The van der Waals surface area contributed by atoms with Gasteiger partial charge >= 0.3 is 0 Å². The van der Waals surface area contributed by atoms with E-state index in [0.717, 1.165) is 49.4 Å². The summed E-state index contributed by atoms with van der Waals surface area (Å²) in [5, 5.41) is 9.52. The van der Waals surface area contributed by atoms with E-state index in [9.17, 15) is 9.50 Å². The van der Waals surface area contributed by atoms with Gasteiger partial charge in [0.05, 0.1) is 0 Å². The van der Waals surface area contributed by atoms with E-state index in [-0.39, 0.29) is 11.6 Å². The number of phenolic OH excluding ortho intramolecular Hbond substituents is 1. The highest BCUT2D eigenvalue weighted by molar-refractivity contribution is 5.38. The molecule has 1 unspecified atom stereocenters. The summed E-state index contributed by atoms with van der Waals surface area (Å²) in [6.07, 6.45) is 1.91. The maximum absolute atomic E-state index is 13.7. The van der Waals surface area contributed by atoms with Crippen molar-refractivity contribution in [1.29, 1.82) is 0 Å². The Bertz CT molecular complexity index is 689. The first-order valence-electron chi connectivity index (χ1n) is 8.50. The van der Waals surface area contributed by atoms with E-state index in [2.05, 4.69) is 4.90 Å². The molecule has 0 amide bonds. The molecule has 0 aliphatic carbocycles. The lowest BCUT2D eigenvalue weighted by molar-refractivity contribution is 0.232. The number of ether oxygens (including phenoxy) is 1. The van der Waals surface area contributed by atoms with E-state index in [1.54, 1.807) is 18.2 Å². The van der Waals surface area contributed by atoms with Crippen molar-refractivity contribution in [2.24, 2.45) is 5.92 Å². The van der Waals surface area contributed by atoms with Crippen molar-refractivity contribution in [3.63, 3.8) is 0 Å². The molecular weight excluding hydrogens is 305 g/mol. The molecule has 0 bridgehead atoms. The van der Waals surface area contributed by atoms with Crippen molar-refractivity contribution in [3.05, 3.63) is 59.4 Å². The molecule has 0 aromatic heterocycles. The molecule has 4 heteroatoms. The van der Waals surface area contributed by atoms with E-state index in [0.29, 0.717) is 12.5 Å². The van der Waals surface area contributed by atoms with Crippen molar-refractivity contribution in [3.8, 4) is 11.5 Å². The highest BCUT2D eigenvalue weighted by atomic mass is 19.1. The third kappa shape index (κ3) is 4.26. The molecule has 0 saturated carbocycles. The zero-order chi connectivity index (χ0) is 16.9. The number of nitrogens with zero attached hydrogens (tertiary/aromatic N) is 1. The number of aryl methyl sites for hydroxylation is 1. The van der Waals surface area contributed by atoms with Crippen molar-refractivity contribution in [2.45, 2.75) is 19.8 Å². The molecule has 1 heterocycles. The van der Waals surface area contributed by atoms with Crippen LogP contribution in [-0.2, 0) is 6.42 Å². The van der Waals surface area contributed by atoms with Crippen LogP contribution in [0.25, 0.3) is 0 Å². The molecule has 1 saturated heterocycles. The molecule has 1 aliphatic heterocycles.